The van der Waals surface area contributed by atoms with E-state index in [1.54, 1.807) is 7.11 Å². The molecule has 0 bridgehead atoms. The van der Waals surface area contributed by atoms with Crippen LogP contribution in [0.1, 0.15) is 0 Å². The van der Waals surface area contributed by atoms with Crippen LogP contribution in [0.25, 0.3) is 11.1 Å². The molecule has 2 aromatic carbocycles. The normalized spacial score (nSPS) is 10.4. The first-order valence-corrected chi connectivity index (χ1v) is 8.05. The Kier molecular flexibility index (Phi) is 7.80. The maximum absolute atomic E-state index is 11.6. The van der Waals surface area contributed by atoms with Crippen molar-refractivity contribution in [3.63, 3.8) is 0 Å². The summed E-state index contributed by atoms with van der Waals surface area (Å²) in [7, 11) is 1.63. The monoisotopic (exact) mass is 328 g/mol. The van der Waals surface area contributed by atoms with E-state index in [0.717, 1.165) is 16.9 Å². The minimum absolute atomic E-state index is 0.0500. The lowest BCUT2D eigenvalue weighted by Gasteiger charge is -2.12. The SMILES string of the molecule is COCCNCC(=O)NCCOc1ccccc1-c1ccccc1. The molecule has 0 spiro atoms. The Morgan fingerprint density at radius 3 is 2.50 bits per heavy atom. The third-order valence-corrected chi connectivity index (χ3v) is 3.42. The Morgan fingerprint density at radius 1 is 0.958 bits per heavy atom. The second-order valence-electron chi connectivity index (χ2n) is 5.23. The summed E-state index contributed by atoms with van der Waals surface area (Å²) in [5.74, 6) is 0.766. The molecular formula is C19H24N2O3. The average molecular weight is 328 g/mol. The predicted molar refractivity (Wildman–Crippen MR) is 95.1 cm³/mol. The smallest absolute Gasteiger partial charge is 0.234 e. The first-order valence-electron chi connectivity index (χ1n) is 8.05. The van der Waals surface area contributed by atoms with Crippen LogP contribution in [0, 0.1) is 0 Å². The van der Waals surface area contributed by atoms with E-state index in [0.29, 0.717) is 26.3 Å². The number of rotatable bonds is 10. The van der Waals surface area contributed by atoms with Gasteiger partial charge in [0.25, 0.3) is 0 Å². The van der Waals surface area contributed by atoms with Gasteiger partial charge in [-0.3, -0.25) is 4.79 Å². The quantitative estimate of drug-likeness (QED) is 0.656. The van der Waals surface area contributed by atoms with Crippen LogP contribution in [0.3, 0.4) is 0 Å². The van der Waals surface area contributed by atoms with Crippen LogP contribution in [0.2, 0.25) is 0 Å². The summed E-state index contributed by atoms with van der Waals surface area (Å²) in [4.78, 5) is 11.6. The minimum Gasteiger partial charge on any atom is -0.491 e. The lowest BCUT2D eigenvalue weighted by molar-refractivity contribution is -0.120. The molecular weight excluding hydrogens is 304 g/mol. The van der Waals surface area contributed by atoms with Crippen molar-refractivity contribution in [2.45, 2.75) is 0 Å². The van der Waals surface area contributed by atoms with Gasteiger partial charge in [-0.25, -0.2) is 0 Å². The highest BCUT2D eigenvalue weighted by atomic mass is 16.5. The Morgan fingerprint density at radius 2 is 1.71 bits per heavy atom. The van der Waals surface area contributed by atoms with Crippen molar-refractivity contribution in [2.24, 2.45) is 0 Å². The van der Waals surface area contributed by atoms with Crippen LogP contribution in [0.4, 0.5) is 0 Å². The highest BCUT2D eigenvalue weighted by Gasteiger charge is 2.05. The number of nitrogens with one attached hydrogen (secondary N) is 2. The van der Waals surface area contributed by atoms with Crippen molar-refractivity contribution in [1.29, 1.82) is 0 Å². The largest absolute Gasteiger partial charge is 0.491 e. The first kappa shape index (κ1) is 18.0. The van der Waals surface area contributed by atoms with Crippen LogP contribution in [-0.4, -0.2) is 45.9 Å². The molecule has 2 rings (SSSR count). The molecule has 0 heterocycles. The molecule has 0 fully saturated rings. The maximum atomic E-state index is 11.6. The van der Waals surface area contributed by atoms with Gasteiger partial charge in [-0.15, -0.1) is 0 Å². The second kappa shape index (κ2) is 10.4. The Bertz CT molecular complexity index is 617. The number of carbonyl (C=O) groups is 1. The van der Waals surface area contributed by atoms with Gasteiger partial charge < -0.3 is 20.1 Å². The molecule has 0 aliphatic rings. The van der Waals surface area contributed by atoms with Crippen molar-refractivity contribution in [3.8, 4) is 16.9 Å². The van der Waals surface area contributed by atoms with E-state index >= 15 is 0 Å². The number of hydrogen-bond donors (Lipinski definition) is 2. The minimum atomic E-state index is -0.0500. The van der Waals surface area contributed by atoms with Crippen LogP contribution in [0.5, 0.6) is 5.75 Å². The average Bonchev–Trinajstić information content (AvgIpc) is 2.63. The standard InChI is InChI=1S/C19H24N2O3/c1-23-13-11-20-15-19(22)21-12-14-24-18-10-6-5-9-17(18)16-7-3-2-4-8-16/h2-10,20H,11-15H2,1H3,(H,21,22). The summed E-state index contributed by atoms with van der Waals surface area (Å²) in [6.07, 6.45) is 0. The molecule has 0 aromatic heterocycles. The summed E-state index contributed by atoms with van der Waals surface area (Å²) in [6, 6.07) is 18.0. The summed E-state index contributed by atoms with van der Waals surface area (Å²) in [6.45, 7) is 2.42. The first-order chi connectivity index (χ1) is 11.8. The molecule has 0 aliphatic heterocycles. The van der Waals surface area contributed by atoms with Crippen molar-refractivity contribution in [3.05, 3.63) is 54.6 Å². The van der Waals surface area contributed by atoms with E-state index in [2.05, 4.69) is 22.8 Å². The van der Waals surface area contributed by atoms with Crippen molar-refractivity contribution in [1.82, 2.24) is 10.6 Å². The third-order valence-electron chi connectivity index (χ3n) is 3.42. The second-order valence-corrected chi connectivity index (χ2v) is 5.23. The van der Waals surface area contributed by atoms with Gasteiger partial charge in [-0.1, -0.05) is 48.5 Å². The fourth-order valence-corrected chi connectivity index (χ4v) is 2.24. The summed E-state index contributed by atoms with van der Waals surface area (Å²) in [5.41, 5.74) is 2.16. The molecule has 5 nitrogen and oxygen atoms in total. The Labute approximate surface area is 143 Å². The molecule has 0 unspecified atom stereocenters. The molecule has 2 aromatic rings. The summed E-state index contributed by atoms with van der Waals surface area (Å²) >= 11 is 0. The van der Waals surface area contributed by atoms with Crippen molar-refractivity contribution in [2.75, 3.05) is 40.0 Å². The predicted octanol–water partition coefficient (Wildman–Crippen LogP) is 2.08. The zero-order valence-corrected chi connectivity index (χ0v) is 14.0. The fraction of sp³-hybridized carbons (Fsp3) is 0.316. The zero-order chi connectivity index (χ0) is 17.0. The number of methoxy groups -OCH3 is 1. The van der Waals surface area contributed by atoms with E-state index in [9.17, 15) is 4.79 Å². The highest BCUT2D eigenvalue weighted by Crippen LogP contribution is 2.29. The van der Waals surface area contributed by atoms with Gasteiger partial charge in [-0.05, 0) is 11.6 Å². The van der Waals surface area contributed by atoms with Gasteiger partial charge in [0.2, 0.25) is 5.91 Å². The van der Waals surface area contributed by atoms with Gasteiger partial charge >= 0.3 is 0 Å². The van der Waals surface area contributed by atoms with E-state index in [-0.39, 0.29) is 12.5 Å². The van der Waals surface area contributed by atoms with E-state index in [4.69, 9.17) is 9.47 Å². The van der Waals surface area contributed by atoms with Crippen LogP contribution in [0.15, 0.2) is 54.6 Å². The third kappa shape index (κ3) is 6.02. The molecule has 2 N–H and O–H groups in total. The van der Waals surface area contributed by atoms with E-state index < -0.39 is 0 Å². The van der Waals surface area contributed by atoms with E-state index in [1.165, 1.54) is 0 Å². The molecule has 0 saturated heterocycles. The molecule has 0 radical (unpaired) electrons. The number of para-hydroxylation sites is 1. The molecule has 24 heavy (non-hydrogen) atoms. The lowest BCUT2D eigenvalue weighted by Crippen LogP contribution is -2.37. The number of benzene rings is 2. The van der Waals surface area contributed by atoms with Gasteiger partial charge in [0.05, 0.1) is 19.7 Å². The Balaban J connectivity index is 1.76. The number of hydrogen-bond acceptors (Lipinski definition) is 4. The van der Waals surface area contributed by atoms with Crippen molar-refractivity contribution < 1.29 is 14.3 Å². The maximum Gasteiger partial charge on any atom is 0.234 e. The molecule has 128 valence electrons. The number of amides is 1. The highest BCUT2D eigenvalue weighted by molar-refractivity contribution is 5.78. The van der Waals surface area contributed by atoms with Crippen LogP contribution >= 0.6 is 0 Å². The fourth-order valence-electron chi connectivity index (χ4n) is 2.24. The van der Waals surface area contributed by atoms with Gasteiger partial charge in [0.1, 0.15) is 12.4 Å². The van der Waals surface area contributed by atoms with Gasteiger partial charge in [0, 0.05) is 19.2 Å². The topological polar surface area (TPSA) is 59.6 Å². The molecule has 0 aliphatic carbocycles. The molecule has 5 heteroatoms. The number of ether oxygens (including phenoxy) is 2. The van der Waals surface area contributed by atoms with Crippen LogP contribution in [-0.2, 0) is 9.53 Å². The number of carbonyl (C=O) groups excluding carboxylic acids is 1. The van der Waals surface area contributed by atoms with Crippen molar-refractivity contribution >= 4 is 5.91 Å². The summed E-state index contributed by atoms with van der Waals surface area (Å²) < 4.78 is 10.7. The Hall–Kier alpha value is -2.37. The molecule has 0 saturated carbocycles. The lowest BCUT2D eigenvalue weighted by atomic mass is 10.1. The van der Waals surface area contributed by atoms with Crippen LogP contribution < -0.4 is 15.4 Å². The summed E-state index contributed by atoms with van der Waals surface area (Å²) in [5, 5.41) is 5.82. The molecule has 1 amide bonds. The van der Waals surface area contributed by atoms with E-state index in [1.807, 2.05) is 42.5 Å². The zero-order valence-electron chi connectivity index (χ0n) is 14.0. The van der Waals surface area contributed by atoms with Gasteiger partial charge in [0.15, 0.2) is 0 Å². The molecule has 0 atom stereocenters. The van der Waals surface area contributed by atoms with Gasteiger partial charge in [-0.2, -0.15) is 0 Å².